The van der Waals surface area contributed by atoms with Crippen LogP contribution in [0.4, 0.5) is 0 Å². The van der Waals surface area contributed by atoms with E-state index in [0.29, 0.717) is 5.56 Å². The highest BCUT2D eigenvalue weighted by Crippen LogP contribution is 2.12. The van der Waals surface area contributed by atoms with Crippen LogP contribution < -0.4 is 0 Å². The molecule has 0 fully saturated rings. The van der Waals surface area contributed by atoms with Crippen molar-refractivity contribution in [1.82, 2.24) is 4.98 Å². The first-order chi connectivity index (χ1) is 5.91. The van der Waals surface area contributed by atoms with Gasteiger partial charge in [0.1, 0.15) is 0 Å². The van der Waals surface area contributed by atoms with E-state index >= 15 is 0 Å². The average molecular weight is 201 g/mol. The molecule has 1 unspecified atom stereocenters. The Morgan fingerprint density at radius 2 is 2.08 bits per heavy atom. The minimum atomic E-state index is -3.24. The summed E-state index contributed by atoms with van der Waals surface area (Å²) in [5, 5.41) is 9.15. The topological polar surface area (TPSA) is 67.3 Å². The summed E-state index contributed by atoms with van der Waals surface area (Å²) < 4.78 is 22.0. The molecule has 1 rings (SSSR count). The lowest BCUT2D eigenvalue weighted by atomic mass is 10.2. The van der Waals surface area contributed by atoms with Crippen LogP contribution >= 0.6 is 0 Å². The van der Waals surface area contributed by atoms with E-state index < -0.39 is 15.9 Å². The second kappa shape index (κ2) is 3.43. The molecule has 1 heterocycles. The van der Waals surface area contributed by atoms with Crippen molar-refractivity contribution in [3.05, 3.63) is 23.9 Å². The van der Waals surface area contributed by atoms with E-state index in [-0.39, 0.29) is 5.03 Å². The van der Waals surface area contributed by atoms with Gasteiger partial charge in [0.15, 0.2) is 14.9 Å². The molecule has 0 radical (unpaired) electrons. The molecule has 0 saturated carbocycles. The molecule has 0 aliphatic rings. The summed E-state index contributed by atoms with van der Waals surface area (Å²) in [7, 11) is -3.24. The van der Waals surface area contributed by atoms with Crippen LogP contribution in [0.5, 0.6) is 0 Å². The van der Waals surface area contributed by atoms with Gasteiger partial charge in [-0.15, -0.1) is 0 Å². The van der Waals surface area contributed by atoms with E-state index in [9.17, 15) is 8.42 Å². The van der Waals surface area contributed by atoms with Crippen LogP contribution in [0.15, 0.2) is 23.4 Å². The Hall–Kier alpha value is -0.940. The van der Waals surface area contributed by atoms with Crippen LogP contribution in [0.3, 0.4) is 0 Å². The number of aromatic nitrogens is 1. The lowest BCUT2D eigenvalue weighted by Gasteiger charge is -2.03. The Bertz CT molecular complexity index is 380. The second-order valence-electron chi connectivity index (χ2n) is 2.88. The summed E-state index contributed by atoms with van der Waals surface area (Å²) in [4.78, 5) is 3.72. The van der Waals surface area contributed by atoms with Crippen molar-refractivity contribution in [3.8, 4) is 0 Å². The number of aliphatic hydroxyl groups is 1. The quantitative estimate of drug-likeness (QED) is 0.758. The lowest BCUT2D eigenvalue weighted by Crippen LogP contribution is -2.01. The fraction of sp³-hybridized carbons (Fsp3) is 0.375. The molecular weight excluding hydrogens is 190 g/mol. The van der Waals surface area contributed by atoms with Crippen molar-refractivity contribution < 1.29 is 13.5 Å². The number of aliphatic hydroxyl groups excluding tert-OH is 1. The zero-order valence-electron chi connectivity index (χ0n) is 7.43. The van der Waals surface area contributed by atoms with Crippen LogP contribution in [0.25, 0.3) is 0 Å². The molecule has 1 aromatic heterocycles. The molecule has 1 N–H and O–H groups in total. The average Bonchev–Trinajstić information content (AvgIpc) is 2.03. The number of hydrogen-bond donors (Lipinski definition) is 1. The van der Waals surface area contributed by atoms with E-state index in [1.54, 1.807) is 13.0 Å². The van der Waals surface area contributed by atoms with Crippen molar-refractivity contribution in [2.24, 2.45) is 0 Å². The number of hydrogen-bond acceptors (Lipinski definition) is 4. The van der Waals surface area contributed by atoms with Crippen LogP contribution in [0.2, 0.25) is 0 Å². The highest BCUT2D eigenvalue weighted by atomic mass is 32.2. The molecule has 5 heteroatoms. The van der Waals surface area contributed by atoms with Crippen molar-refractivity contribution in [1.29, 1.82) is 0 Å². The number of nitrogens with zero attached hydrogens (tertiary/aromatic N) is 1. The van der Waals surface area contributed by atoms with Gasteiger partial charge < -0.3 is 5.11 Å². The standard InChI is InChI=1S/C8H11NO3S/c1-6(10)7-3-4-8(9-5-7)13(2,11)12/h3-6,10H,1-2H3. The first-order valence-corrected chi connectivity index (χ1v) is 5.64. The zero-order valence-corrected chi connectivity index (χ0v) is 8.25. The maximum atomic E-state index is 11.0. The maximum Gasteiger partial charge on any atom is 0.192 e. The Kier molecular flexibility index (Phi) is 2.68. The van der Waals surface area contributed by atoms with Gasteiger partial charge in [0, 0.05) is 12.5 Å². The smallest absolute Gasteiger partial charge is 0.192 e. The molecule has 0 aliphatic heterocycles. The second-order valence-corrected chi connectivity index (χ2v) is 4.84. The molecule has 1 atom stereocenters. The molecule has 1 aromatic rings. The molecular formula is C8H11NO3S. The van der Waals surface area contributed by atoms with Crippen LogP contribution in [0.1, 0.15) is 18.6 Å². The predicted octanol–water partition coefficient (Wildman–Crippen LogP) is 0.538. The minimum Gasteiger partial charge on any atom is -0.389 e. The summed E-state index contributed by atoms with van der Waals surface area (Å²) in [6, 6.07) is 2.94. The number of sulfone groups is 1. The third-order valence-corrected chi connectivity index (χ3v) is 2.62. The van der Waals surface area contributed by atoms with Gasteiger partial charge in [0.2, 0.25) is 0 Å². The fourth-order valence-electron chi connectivity index (χ4n) is 0.858. The van der Waals surface area contributed by atoms with Crippen LogP contribution in [-0.2, 0) is 9.84 Å². The molecule has 13 heavy (non-hydrogen) atoms. The third kappa shape index (κ3) is 2.50. The molecule has 0 saturated heterocycles. The Morgan fingerprint density at radius 3 is 2.38 bits per heavy atom. The Balaban J connectivity index is 3.08. The lowest BCUT2D eigenvalue weighted by molar-refractivity contribution is 0.198. The van der Waals surface area contributed by atoms with E-state index in [2.05, 4.69) is 4.98 Å². The van der Waals surface area contributed by atoms with Crippen LogP contribution in [-0.4, -0.2) is 24.8 Å². The zero-order chi connectivity index (χ0) is 10.1. The third-order valence-electron chi connectivity index (χ3n) is 1.62. The fourth-order valence-corrected chi connectivity index (χ4v) is 1.42. The molecule has 0 aliphatic carbocycles. The Labute approximate surface area is 77.2 Å². The van der Waals surface area contributed by atoms with Crippen molar-refractivity contribution in [2.75, 3.05) is 6.26 Å². The van der Waals surface area contributed by atoms with E-state index in [1.807, 2.05) is 0 Å². The summed E-state index contributed by atoms with van der Waals surface area (Å²) in [5.74, 6) is 0. The first kappa shape index (κ1) is 10.1. The molecule has 0 spiro atoms. The van der Waals surface area contributed by atoms with Crippen molar-refractivity contribution >= 4 is 9.84 Å². The summed E-state index contributed by atoms with van der Waals surface area (Å²) >= 11 is 0. The molecule has 72 valence electrons. The maximum absolute atomic E-state index is 11.0. The van der Waals surface area contributed by atoms with Gasteiger partial charge in [0.25, 0.3) is 0 Å². The van der Waals surface area contributed by atoms with Crippen LogP contribution in [0, 0.1) is 0 Å². The molecule has 0 aromatic carbocycles. The minimum absolute atomic E-state index is 0.0249. The largest absolute Gasteiger partial charge is 0.389 e. The molecule has 4 nitrogen and oxygen atoms in total. The highest BCUT2D eigenvalue weighted by molar-refractivity contribution is 7.90. The van der Waals surface area contributed by atoms with Gasteiger partial charge in [-0.3, -0.25) is 0 Å². The highest BCUT2D eigenvalue weighted by Gasteiger charge is 2.09. The first-order valence-electron chi connectivity index (χ1n) is 3.75. The van der Waals surface area contributed by atoms with E-state index in [0.717, 1.165) is 6.26 Å². The van der Waals surface area contributed by atoms with Gasteiger partial charge in [-0.25, -0.2) is 13.4 Å². The van der Waals surface area contributed by atoms with Gasteiger partial charge in [-0.1, -0.05) is 6.07 Å². The summed E-state index contributed by atoms with van der Waals surface area (Å²) in [5.41, 5.74) is 0.604. The summed E-state index contributed by atoms with van der Waals surface area (Å²) in [6.07, 6.45) is 1.83. The monoisotopic (exact) mass is 201 g/mol. The summed E-state index contributed by atoms with van der Waals surface area (Å²) in [6.45, 7) is 1.59. The number of pyridine rings is 1. The van der Waals surface area contributed by atoms with Gasteiger partial charge in [0.05, 0.1) is 6.10 Å². The van der Waals surface area contributed by atoms with Gasteiger partial charge >= 0.3 is 0 Å². The van der Waals surface area contributed by atoms with Gasteiger partial charge in [-0.2, -0.15) is 0 Å². The normalized spacial score (nSPS) is 14.1. The van der Waals surface area contributed by atoms with E-state index in [4.69, 9.17) is 5.11 Å². The molecule has 0 bridgehead atoms. The van der Waals surface area contributed by atoms with Gasteiger partial charge in [-0.05, 0) is 18.6 Å². The molecule has 0 amide bonds. The Morgan fingerprint density at radius 1 is 1.46 bits per heavy atom. The van der Waals surface area contributed by atoms with E-state index in [1.165, 1.54) is 12.3 Å². The predicted molar refractivity (Wildman–Crippen MR) is 48.0 cm³/mol. The van der Waals surface area contributed by atoms with Crippen molar-refractivity contribution in [3.63, 3.8) is 0 Å². The number of rotatable bonds is 2. The SMILES string of the molecule is CC(O)c1ccc(S(C)(=O)=O)nc1. The van der Waals surface area contributed by atoms with Crippen molar-refractivity contribution in [2.45, 2.75) is 18.1 Å².